The Morgan fingerprint density at radius 2 is 1.71 bits per heavy atom. The van der Waals surface area contributed by atoms with Gasteiger partial charge in [-0.15, -0.1) is 0 Å². The minimum absolute atomic E-state index is 0.0973. The lowest BCUT2D eigenvalue weighted by molar-refractivity contribution is -0.149. The summed E-state index contributed by atoms with van der Waals surface area (Å²) in [6.45, 7) is 1.82. The number of rotatable bonds is 4. The van der Waals surface area contributed by atoms with E-state index in [4.69, 9.17) is 4.74 Å². The maximum atomic E-state index is 11.5. The lowest BCUT2D eigenvalue weighted by Gasteiger charge is -2.20. The lowest BCUT2D eigenvalue weighted by Crippen LogP contribution is -2.26. The summed E-state index contributed by atoms with van der Waals surface area (Å²) in [5.41, 5.74) is 0. The van der Waals surface area contributed by atoms with E-state index < -0.39 is 0 Å². The molecule has 0 heterocycles. The highest BCUT2D eigenvalue weighted by molar-refractivity contribution is 5.74. The van der Waals surface area contributed by atoms with Crippen molar-refractivity contribution in [2.45, 2.75) is 64.4 Å². The molecule has 0 aliphatic heterocycles. The molecule has 1 rings (SSSR count). The van der Waals surface area contributed by atoms with E-state index in [1.54, 1.807) is 0 Å². The fourth-order valence-electron chi connectivity index (χ4n) is 2.12. The molecule has 0 aromatic rings. The van der Waals surface area contributed by atoms with Crippen LogP contribution < -0.4 is 5.32 Å². The van der Waals surface area contributed by atoms with Crippen LogP contribution in [0.3, 0.4) is 0 Å². The second kappa shape index (κ2) is 8.09. The fourth-order valence-corrected chi connectivity index (χ4v) is 2.12. The van der Waals surface area contributed by atoms with E-state index in [1.165, 1.54) is 26.2 Å². The average molecular weight is 241 g/mol. The largest absolute Gasteiger partial charge is 0.462 e. The van der Waals surface area contributed by atoms with Crippen molar-refractivity contribution < 1.29 is 14.3 Å². The molecule has 4 nitrogen and oxygen atoms in total. The Balaban J connectivity index is 2.16. The molecule has 17 heavy (non-hydrogen) atoms. The number of ether oxygens (including phenoxy) is 1. The van der Waals surface area contributed by atoms with Gasteiger partial charge in [0.05, 0.1) is 6.42 Å². The second-order valence-corrected chi connectivity index (χ2v) is 4.69. The third-order valence-electron chi connectivity index (χ3n) is 3.05. The summed E-state index contributed by atoms with van der Waals surface area (Å²) < 4.78 is 5.42. The molecule has 0 aromatic heterocycles. The van der Waals surface area contributed by atoms with Crippen LogP contribution in [0.5, 0.6) is 0 Å². The molecule has 0 saturated heterocycles. The summed E-state index contributed by atoms with van der Waals surface area (Å²) in [4.78, 5) is 22.2. The zero-order chi connectivity index (χ0) is 12.5. The molecule has 0 radical (unpaired) electrons. The zero-order valence-electron chi connectivity index (χ0n) is 10.7. The van der Waals surface area contributed by atoms with Crippen molar-refractivity contribution in [3.63, 3.8) is 0 Å². The van der Waals surface area contributed by atoms with Crippen molar-refractivity contribution >= 4 is 11.9 Å². The Morgan fingerprint density at radius 1 is 1.12 bits per heavy atom. The van der Waals surface area contributed by atoms with E-state index in [9.17, 15) is 9.59 Å². The van der Waals surface area contributed by atoms with Gasteiger partial charge in [0.25, 0.3) is 0 Å². The first-order valence-electron chi connectivity index (χ1n) is 6.62. The number of amides is 1. The average Bonchev–Trinajstić information content (AvgIpc) is 2.21. The first-order chi connectivity index (χ1) is 8.18. The molecule has 1 amide bonds. The topological polar surface area (TPSA) is 55.4 Å². The molecule has 1 N–H and O–H groups in total. The molecule has 1 aliphatic rings. The molecule has 0 spiro atoms. The Morgan fingerprint density at radius 3 is 2.29 bits per heavy atom. The number of esters is 1. The van der Waals surface area contributed by atoms with E-state index in [0.717, 1.165) is 25.7 Å². The summed E-state index contributed by atoms with van der Waals surface area (Å²) in [6.07, 6.45) is 8.48. The Bertz CT molecular complexity index is 245. The highest BCUT2D eigenvalue weighted by atomic mass is 16.5. The SMILES string of the molecule is CC(=O)NCCC(=O)OC1CCCCCCC1. The van der Waals surface area contributed by atoms with Crippen molar-refractivity contribution in [2.75, 3.05) is 6.54 Å². The van der Waals surface area contributed by atoms with Gasteiger partial charge in [-0.05, 0) is 25.7 Å². The van der Waals surface area contributed by atoms with Gasteiger partial charge in [0.2, 0.25) is 5.91 Å². The fraction of sp³-hybridized carbons (Fsp3) is 0.846. The van der Waals surface area contributed by atoms with Crippen LogP contribution in [0, 0.1) is 0 Å². The van der Waals surface area contributed by atoms with Gasteiger partial charge in [0.1, 0.15) is 6.10 Å². The van der Waals surface area contributed by atoms with Gasteiger partial charge in [-0.25, -0.2) is 0 Å². The smallest absolute Gasteiger partial charge is 0.307 e. The zero-order valence-corrected chi connectivity index (χ0v) is 10.7. The second-order valence-electron chi connectivity index (χ2n) is 4.69. The predicted octanol–water partition coefficient (Wildman–Crippen LogP) is 2.17. The molecule has 0 atom stereocenters. The minimum atomic E-state index is -0.190. The van der Waals surface area contributed by atoms with Gasteiger partial charge in [0.15, 0.2) is 0 Å². The molecule has 0 unspecified atom stereocenters. The summed E-state index contributed by atoms with van der Waals surface area (Å²) in [7, 11) is 0. The van der Waals surface area contributed by atoms with E-state index in [0.29, 0.717) is 6.54 Å². The first kappa shape index (κ1) is 14.0. The maximum absolute atomic E-state index is 11.5. The molecule has 4 heteroatoms. The van der Waals surface area contributed by atoms with Gasteiger partial charge < -0.3 is 10.1 Å². The summed E-state index contributed by atoms with van der Waals surface area (Å²) in [5, 5.41) is 2.60. The monoisotopic (exact) mass is 241 g/mol. The van der Waals surface area contributed by atoms with Crippen molar-refractivity contribution in [3.8, 4) is 0 Å². The first-order valence-corrected chi connectivity index (χ1v) is 6.62. The van der Waals surface area contributed by atoms with Gasteiger partial charge in [0, 0.05) is 13.5 Å². The van der Waals surface area contributed by atoms with Gasteiger partial charge in [-0.3, -0.25) is 9.59 Å². The molecule has 0 bridgehead atoms. The molecule has 1 fully saturated rings. The standard InChI is InChI=1S/C13H23NO3/c1-11(15)14-10-9-13(16)17-12-7-5-3-2-4-6-8-12/h12H,2-10H2,1H3,(H,14,15). The van der Waals surface area contributed by atoms with E-state index in [1.807, 2.05) is 0 Å². The summed E-state index contributed by atoms with van der Waals surface area (Å²) in [6, 6.07) is 0. The third-order valence-corrected chi connectivity index (χ3v) is 3.05. The van der Waals surface area contributed by atoms with Gasteiger partial charge in [-0.2, -0.15) is 0 Å². The van der Waals surface area contributed by atoms with E-state index >= 15 is 0 Å². The van der Waals surface area contributed by atoms with Crippen LogP contribution in [0.25, 0.3) is 0 Å². The van der Waals surface area contributed by atoms with Crippen LogP contribution in [0.15, 0.2) is 0 Å². The van der Waals surface area contributed by atoms with Crippen LogP contribution in [0.1, 0.15) is 58.3 Å². The Kier molecular flexibility index (Phi) is 6.67. The number of carbonyl (C=O) groups excluding carboxylic acids is 2. The van der Waals surface area contributed by atoms with Crippen LogP contribution in [0.2, 0.25) is 0 Å². The maximum Gasteiger partial charge on any atom is 0.307 e. The highest BCUT2D eigenvalue weighted by Crippen LogP contribution is 2.19. The quantitative estimate of drug-likeness (QED) is 0.767. The summed E-state index contributed by atoms with van der Waals surface area (Å²) in [5.74, 6) is -0.298. The minimum Gasteiger partial charge on any atom is -0.462 e. The molecule has 0 aromatic carbocycles. The van der Waals surface area contributed by atoms with Crippen LogP contribution in [0.4, 0.5) is 0 Å². The number of nitrogens with one attached hydrogen (secondary N) is 1. The summed E-state index contributed by atoms with van der Waals surface area (Å²) >= 11 is 0. The molecular weight excluding hydrogens is 218 g/mol. The number of hydrogen-bond donors (Lipinski definition) is 1. The number of carbonyl (C=O) groups is 2. The van der Waals surface area contributed by atoms with Crippen molar-refractivity contribution in [3.05, 3.63) is 0 Å². The van der Waals surface area contributed by atoms with Gasteiger partial charge >= 0.3 is 5.97 Å². The molecule has 98 valence electrons. The van der Waals surface area contributed by atoms with Crippen LogP contribution >= 0.6 is 0 Å². The lowest BCUT2D eigenvalue weighted by atomic mass is 9.98. The highest BCUT2D eigenvalue weighted by Gasteiger charge is 2.15. The van der Waals surface area contributed by atoms with E-state index in [-0.39, 0.29) is 24.4 Å². The number of hydrogen-bond acceptors (Lipinski definition) is 3. The predicted molar refractivity (Wildman–Crippen MR) is 65.5 cm³/mol. The van der Waals surface area contributed by atoms with Crippen LogP contribution in [-0.2, 0) is 14.3 Å². The van der Waals surface area contributed by atoms with Crippen molar-refractivity contribution in [1.29, 1.82) is 0 Å². The Hall–Kier alpha value is -1.06. The van der Waals surface area contributed by atoms with Crippen molar-refractivity contribution in [2.24, 2.45) is 0 Å². The normalized spacial score (nSPS) is 17.9. The van der Waals surface area contributed by atoms with Gasteiger partial charge in [-0.1, -0.05) is 19.3 Å². The molecule has 1 saturated carbocycles. The molecular formula is C13H23NO3. The van der Waals surface area contributed by atoms with Crippen molar-refractivity contribution in [1.82, 2.24) is 5.32 Å². The van der Waals surface area contributed by atoms with Crippen LogP contribution in [-0.4, -0.2) is 24.5 Å². The molecule has 1 aliphatic carbocycles. The van der Waals surface area contributed by atoms with E-state index in [2.05, 4.69) is 5.32 Å². The Labute approximate surface area is 103 Å². The third kappa shape index (κ3) is 6.97.